The van der Waals surface area contributed by atoms with Crippen LogP contribution in [0.3, 0.4) is 0 Å². The number of nitrogens with two attached hydrogens (primary N) is 2. The van der Waals surface area contributed by atoms with Crippen molar-refractivity contribution >= 4 is 17.3 Å². The van der Waals surface area contributed by atoms with Crippen LogP contribution in [0.2, 0.25) is 0 Å². The monoisotopic (exact) mass is 280 g/mol. The highest BCUT2D eigenvalue weighted by Crippen LogP contribution is 2.29. The van der Waals surface area contributed by atoms with Gasteiger partial charge in [-0.25, -0.2) is 4.39 Å². The minimum Gasteiger partial charge on any atom is -0.398 e. The quantitative estimate of drug-likeness (QED) is 0.794. The number of primary amides is 1. The Morgan fingerprint density at radius 1 is 1.35 bits per heavy atom. The lowest BCUT2D eigenvalue weighted by molar-refractivity contribution is 0.100. The van der Waals surface area contributed by atoms with E-state index in [4.69, 9.17) is 11.5 Å². The van der Waals surface area contributed by atoms with Crippen LogP contribution in [0.25, 0.3) is 0 Å². The first-order valence-corrected chi connectivity index (χ1v) is 6.57. The largest absolute Gasteiger partial charge is 0.398 e. The van der Waals surface area contributed by atoms with Crippen LogP contribution >= 0.6 is 0 Å². The highest BCUT2D eigenvalue weighted by Gasteiger charge is 2.32. The highest BCUT2D eigenvalue weighted by atomic mass is 19.1. The van der Waals surface area contributed by atoms with E-state index < -0.39 is 11.7 Å². The molecule has 0 atom stereocenters. The summed E-state index contributed by atoms with van der Waals surface area (Å²) in [7, 11) is 2.05. The van der Waals surface area contributed by atoms with Gasteiger partial charge in [-0.15, -0.1) is 0 Å². The molecule has 2 rings (SSSR count). The molecular weight excluding hydrogens is 259 g/mol. The van der Waals surface area contributed by atoms with Crippen molar-refractivity contribution in [2.45, 2.75) is 19.4 Å². The number of nitrogen functional groups attached to an aromatic ring is 1. The topological polar surface area (TPSA) is 75.6 Å². The molecule has 0 unspecified atom stereocenters. The molecule has 1 aliphatic heterocycles. The van der Waals surface area contributed by atoms with Crippen molar-refractivity contribution in [2.24, 2.45) is 5.73 Å². The molecule has 1 heterocycles. The van der Waals surface area contributed by atoms with Crippen LogP contribution < -0.4 is 16.4 Å². The van der Waals surface area contributed by atoms with Crippen molar-refractivity contribution in [2.75, 3.05) is 37.3 Å². The highest BCUT2D eigenvalue weighted by molar-refractivity contribution is 5.99. The Bertz CT molecular complexity index is 544. The van der Waals surface area contributed by atoms with Crippen molar-refractivity contribution in [3.05, 3.63) is 23.5 Å². The molecule has 0 aromatic heterocycles. The first-order valence-electron chi connectivity index (χ1n) is 6.57. The molecule has 0 spiro atoms. The van der Waals surface area contributed by atoms with E-state index in [2.05, 4.69) is 18.7 Å². The fraction of sp³-hybridized carbons (Fsp3) is 0.500. The second kappa shape index (κ2) is 4.94. The number of piperazine rings is 1. The zero-order valence-electron chi connectivity index (χ0n) is 12.1. The summed E-state index contributed by atoms with van der Waals surface area (Å²) in [6.07, 6.45) is 0. The van der Waals surface area contributed by atoms with Gasteiger partial charge in [0, 0.05) is 30.9 Å². The number of likely N-dealkylation sites (N-methyl/N-ethyl adjacent to an activating group) is 1. The van der Waals surface area contributed by atoms with Crippen LogP contribution in [-0.4, -0.2) is 43.0 Å². The van der Waals surface area contributed by atoms with Crippen LogP contribution in [0, 0.1) is 5.82 Å². The van der Waals surface area contributed by atoms with Crippen LogP contribution in [0.1, 0.15) is 24.2 Å². The average molecular weight is 280 g/mol. The van der Waals surface area contributed by atoms with Gasteiger partial charge >= 0.3 is 0 Å². The molecule has 1 saturated heterocycles. The number of hydrogen-bond acceptors (Lipinski definition) is 4. The van der Waals surface area contributed by atoms with Gasteiger partial charge in [-0.05, 0) is 33.0 Å². The summed E-state index contributed by atoms with van der Waals surface area (Å²) in [6.45, 7) is 6.39. The number of halogens is 1. The second-order valence-electron chi connectivity index (χ2n) is 5.91. The number of rotatable bonds is 2. The predicted molar refractivity (Wildman–Crippen MR) is 78.3 cm³/mol. The fourth-order valence-electron chi connectivity index (χ4n) is 2.48. The van der Waals surface area contributed by atoms with Crippen LogP contribution in [-0.2, 0) is 0 Å². The van der Waals surface area contributed by atoms with E-state index >= 15 is 0 Å². The Morgan fingerprint density at radius 2 is 2.00 bits per heavy atom. The molecule has 1 amide bonds. The zero-order chi connectivity index (χ0) is 15.1. The number of amides is 1. The Balaban J connectivity index is 2.38. The maximum Gasteiger partial charge on any atom is 0.250 e. The van der Waals surface area contributed by atoms with Crippen molar-refractivity contribution in [3.63, 3.8) is 0 Å². The van der Waals surface area contributed by atoms with E-state index in [1.807, 2.05) is 11.9 Å². The lowest BCUT2D eigenvalue weighted by Crippen LogP contribution is -2.57. The smallest absolute Gasteiger partial charge is 0.250 e. The van der Waals surface area contributed by atoms with Gasteiger partial charge in [0.25, 0.3) is 5.91 Å². The molecule has 4 N–H and O–H groups in total. The van der Waals surface area contributed by atoms with E-state index in [-0.39, 0.29) is 16.8 Å². The molecule has 6 heteroatoms. The van der Waals surface area contributed by atoms with Gasteiger partial charge in [0.05, 0.1) is 11.3 Å². The molecule has 5 nitrogen and oxygen atoms in total. The summed E-state index contributed by atoms with van der Waals surface area (Å²) < 4.78 is 14.1. The van der Waals surface area contributed by atoms with Gasteiger partial charge in [0.15, 0.2) is 0 Å². The van der Waals surface area contributed by atoms with E-state index in [0.29, 0.717) is 18.8 Å². The number of nitrogens with zero attached hydrogens (tertiary/aromatic N) is 2. The van der Waals surface area contributed by atoms with E-state index in [0.717, 1.165) is 6.54 Å². The van der Waals surface area contributed by atoms with Crippen molar-refractivity contribution in [1.29, 1.82) is 0 Å². The van der Waals surface area contributed by atoms with E-state index in [9.17, 15) is 9.18 Å². The Labute approximate surface area is 118 Å². The summed E-state index contributed by atoms with van der Waals surface area (Å²) in [5.74, 6) is -1.06. The van der Waals surface area contributed by atoms with Gasteiger partial charge < -0.3 is 16.4 Å². The van der Waals surface area contributed by atoms with Crippen LogP contribution in [0.5, 0.6) is 0 Å². The second-order valence-corrected chi connectivity index (χ2v) is 5.91. The summed E-state index contributed by atoms with van der Waals surface area (Å²) in [4.78, 5) is 15.5. The molecule has 1 aliphatic rings. The molecule has 0 aliphatic carbocycles. The van der Waals surface area contributed by atoms with Gasteiger partial charge in [-0.1, -0.05) is 0 Å². The molecule has 0 saturated carbocycles. The predicted octanol–water partition coefficient (Wildman–Crippen LogP) is 1.04. The van der Waals surface area contributed by atoms with Crippen LogP contribution in [0.15, 0.2) is 12.1 Å². The van der Waals surface area contributed by atoms with Crippen molar-refractivity contribution in [3.8, 4) is 0 Å². The van der Waals surface area contributed by atoms with Crippen molar-refractivity contribution < 1.29 is 9.18 Å². The normalized spacial score (nSPS) is 19.1. The first kappa shape index (κ1) is 14.6. The third-order valence-corrected chi connectivity index (χ3v) is 4.04. The molecule has 0 bridgehead atoms. The molecule has 1 aromatic rings. The SMILES string of the molecule is CN1CCN(c2cc(C(N)=O)c(N)cc2F)CC1(C)C. The van der Waals surface area contributed by atoms with Gasteiger partial charge in [0.1, 0.15) is 5.82 Å². The summed E-state index contributed by atoms with van der Waals surface area (Å²) in [5.41, 5.74) is 11.5. The maximum absolute atomic E-state index is 14.1. The van der Waals surface area contributed by atoms with Crippen LogP contribution in [0.4, 0.5) is 15.8 Å². The number of anilines is 2. The standard InChI is InChI=1S/C14H21FN4O/c1-14(2)8-19(5-4-18(14)3)12-6-9(13(17)20)11(16)7-10(12)15/h6-7H,4-5,8,16H2,1-3H3,(H2,17,20). The van der Waals surface area contributed by atoms with Crippen molar-refractivity contribution in [1.82, 2.24) is 4.90 Å². The third-order valence-electron chi connectivity index (χ3n) is 4.04. The Morgan fingerprint density at radius 3 is 2.55 bits per heavy atom. The van der Waals surface area contributed by atoms with E-state index in [1.165, 1.54) is 12.1 Å². The number of hydrogen-bond donors (Lipinski definition) is 2. The Hall–Kier alpha value is -1.82. The average Bonchev–Trinajstić information content (AvgIpc) is 2.32. The molecule has 20 heavy (non-hydrogen) atoms. The molecule has 1 fully saturated rings. The summed E-state index contributed by atoms with van der Waals surface area (Å²) >= 11 is 0. The maximum atomic E-state index is 14.1. The number of carbonyl (C=O) groups is 1. The molecular formula is C14H21FN4O. The van der Waals surface area contributed by atoms with E-state index in [1.54, 1.807) is 0 Å². The molecule has 1 aromatic carbocycles. The lowest BCUT2D eigenvalue weighted by Gasteiger charge is -2.46. The number of carbonyl (C=O) groups excluding carboxylic acids is 1. The first-order chi connectivity index (χ1) is 9.22. The fourth-order valence-corrected chi connectivity index (χ4v) is 2.48. The molecule has 0 radical (unpaired) electrons. The van der Waals surface area contributed by atoms with Gasteiger partial charge in [-0.2, -0.15) is 0 Å². The van der Waals surface area contributed by atoms with Gasteiger partial charge in [0.2, 0.25) is 0 Å². The summed E-state index contributed by atoms with van der Waals surface area (Å²) in [5, 5.41) is 0. The van der Waals surface area contributed by atoms with Gasteiger partial charge in [-0.3, -0.25) is 9.69 Å². The minimum absolute atomic E-state index is 0.0705. The lowest BCUT2D eigenvalue weighted by atomic mass is 9.98. The molecule has 110 valence electrons. The summed E-state index contributed by atoms with van der Waals surface area (Å²) in [6, 6.07) is 2.62. The minimum atomic E-state index is -0.642. The Kier molecular flexibility index (Phi) is 3.60. The zero-order valence-corrected chi connectivity index (χ0v) is 12.1. The number of benzene rings is 1. The third kappa shape index (κ3) is 2.56.